The molecule has 0 aliphatic heterocycles. The van der Waals surface area contributed by atoms with Gasteiger partial charge in [0.15, 0.2) is 5.76 Å². The summed E-state index contributed by atoms with van der Waals surface area (Å²) in [6.07, 6.45) is 1.67. The molecule has 0 bridgehead atoms. The van der Waals surface area contributed by atoms with Crippen molar-refractivity contribution in [2.45, 2.75) is 20.0 Å². The summed E-state index contributed by atoms with van der Waals surface area (Å²) < 4.78 is 6.97. The van der Waals surface area contributed by atoms with Crippen molar-refractivity contribution in [1.82, 2.24) is 9.38 Å². The number of quaternary nitrogens is 1. The number of hydrogen-bond acceptors (Lipinski definition) is 3. The first kappa shape index (κ1) is 13.6. The highest BCUT2D eigenvalue weighted by Gasteiger charge is 2.10. The largest absolute Gasteiger partial charge is 0.463 e. The SMILES string of the molecule is Cc1cccc2nc(C[NH+](C)Cc3ccco3)cc(=O)n12. The van der Waals surface area contributed by atoms with Gasteiger partial charge in [0.05, 0.1) is 13.3 Å². The maximum atomic E-state index is 12.2. The molecule has 0 aliphatic carbocycles. The van der Waals surface area contributed by atoms with Crippen LogP contribution in [0.4, 0.5) is 0 Å². The fraction of sp³-hybridized carbons (Fsp3) is 0.250. The van der Waals surface area contributed by atoms with Crippen molar-refractivity contribution in [2.24, 2.45) is 0 Å². The van der Waals surface area contributed by atoms with E-state index in [4.69, 9.17) is 4.42 Å². The summed E-state index contributed by atoms with van der Waals surface area (Å²) in [5.74, 6) is 0.931. The Labute approximate surface area is 122 Å². The second kappa shape index (κ2) is 5.54. The van der Waals surface area contributed by atoms with Gasteiger partial charge in [0.1, 0.15) is 24.4 Å². The number of rotatable bonds is 4. The fourth-order valence-corrected chi connectivity index (χ4v) is 2.54. The van der Waals surface area contributed by atoms with E-state index >= 15 is 0 Å². The quantitative estimate of drug-likeness (QED) is 0.771. The highest BCUT2D eigenvalue weighted by Crippen LogP contribution is 2.02. The molecule has 0 aliphatic rings. The van der Waals surface area contributed by atoms with Crippen LogP contribution in [0.5, 0.6) is 0 Å². The smallest absolute Gasteiger partial charge is 0.258 e. The lowest BCUT2D eigenvalue weighted by Crippen LogP contribution is -3.06. The molecular formula is C16H18N3O2+. The monoisotopic (exact) mass is 284 g/mol. The third-order valence-corrected chi connectivity index (χ3v) is 3.47. The third-order valence-electron chi connectivity index (χ3n) is 3.47. The normalized spacial score (nSPS) is 12.7. The number of aryl methyl sites for hydroxylation is 1. The van der Waals surface area contributed by atoms with Gasteiger partial charge >= 0.3 is 0 Å². The second-order valence-electron chi connectivity index (χ2n) is 5.34. The van der Waals surface area contributed by atoms with Crippen LogP contribution in [0.2, 0.25) is 0 Å². The van der Waals surface area contributed by atoms with Crippen molar-refractivity contribution in [1.29, 1.82) is 0 Å². The predicted molar refractivity (Wildman–Crippen MR) is 79.2 cm³/mol. The molecule has 1 atom stereocenters. The molecule has 21 heavy (non-hydrogen) atoms. The minimum absolute atomic E-state index is 0.0288. The van der Waals surface area contributed by atoms with E-state index in [1.54, 1.807) is 16.7 Å². The molecule has 0 saturated carbocycles. The van der Waals surface area contributed by atoms with E-state index < -0.39 is 0 Å². The molecule has 3 heterocycles. The Kier molecular flexibility index (Phi) is 3.58. The maximum Gasteiger partial charge on any atom is 0.258 e. The van der Waals surface area contributed by atoms with Gasteiger partial charge in [-0.2, -0.15) is 0 Å². The molecule has 108 valence electrons. The standard InChI is InChI=1S/C16H17N3O2/c1-12-5-3-7-15-17-13(9-16(20)19(12)15)10-18(2)11-14-6-4-8-21-14/h3-9H,10-11H2,1-2H3/p+1. The summed E-state index contributed by atoms with van der Waals surface area (Å²) in [5.41, 5.74) is 2.37. The van der Waals surface area contributed by atoms with Gasteiger partial charge in [-0.3, -0.25) is 9.20 Å². The minimum atomic E-state index is -0.0288. The van der Waals surface area contributed by atoms with Crippen molar-refractivity contribution in [3.05, 3.63) is 70.2 Å². The molecule has 0 saturated heterocycles. The second-order valence-corrected chi connectivity index (χ2v) is 5.34. The van der Waals surface area contributed by atoms with Gasteiger partial charge in [-0.1, -0.05) is 6.07 Å². The van der Waals surface area contributed by atoms with Crippen LogP contribution in [0, 0.1) is 6.92 Å². The summed E-state index contributed by atoms with van der Waals surface area (Å²) in [6, 6.07) is 11.1. The molecular weight excluding hydrogens is 266 g/mol. The van der Waals surface area contributed by atoms with Crippen molar-refractivity contribution in [3.8, 4) is 0 Å². The number of hydrogen-bond donors (Lipinski definition) is 1. The summed E-state index contributed by atoms with van der Waals surface area (Å²) in [7, 11) is 2.06. The number of nitrogens with zero attached hydrogens (tertiary/aromatic N) is 2. The number of nitrogens with one attached hydrogen (secondary N) is 1. The van der Waals surface area contributed by atoms with Gasteiger partial charge in [-0.05, 0) is 31.2 Å². The minimum Gasteiger partial charge on any atom is -0.463 e. The van der Waals surface area contributed by atoms with Crippen LogP contribution >= 0.6 is 0 Å². The Morgan fingerprint density at radius 1 is 1.24 bits per heavy atom. The summed E-state index contributed by atoms with van der Waals surface area (Å²) in [5, 5.41) is 0. The molecule has 0 fully saturated rings. The number of fused-ring (bicyclic) bond motifs is 1. The first-order chi connectivity index (χ1) is 10.1. The van der Waals surface area contributed by atoms with Crippen LogP contribution < -0.4 is 10.5 Å². The van der Waals surface area contributed by atoms with Crippen LogP contribution in [0.3, 0.4) is 0 Å². The highest BCUT2D eigenvalue weighted by atomic mass is 16.3. The number of furan rings is 1. The van der Waals surface area contributed by atoms with Crippen molar-refractivity contribution >= 4 is 5.65 Å². The van der Waals surface area contributed by atoms with E-state index in [0.717, 1.165) is 23.7 Å². The zero-order chi connectivity index (χ0) is 14.8. The number of pyridine rings is 1. The van der Waals surface area contributed by atoms with Crippen molar-refractivity contribution in [3.63, 3.8) is 0 Å². The van der Waals surface area contributed by atoms with Gasteiger partial charge < -0.3 is 9.32 Å². The van der Waals surface area contributed by atoms with Crippen LogP contribution in [0.15, 0.2) is 51.9 Å². The van der Waals surface area contributed by atoms with Gasteiger partial charge in [-0.15, -0.1) is 0 Å². The Morgan fingerprint density at radius 3 is 2.86 bits per heavy atom. The Morgan fingerprint density at radius 2 is 2.10 bits per heavy atom. The molecule has 3 aromatic rings. The van der Waals surface area contributed by atoms with Crippen LogP contribution in [-0.4, -0.2) is 16.4 Å². The average Bonchev–Trinajstić information content (AvgIpc) is 2.90. The molecule has 0 radical (unpaired) electrons. The van der Waals surface area contributed by atoms with E-state index in [-0.39, 0.29) is 5.56 Å². The Bertz CT molecular complexity index is 806. The lowest BCUT2D eigenvalue weighted by Gasteiger charge is -2.12. The lowest BCUT2D eigenvalue weighted by atomic mass is 10.3. The summed E-state index contributed by atoms with van der Waals surface area (Å²) in [6.45, 7) is 3.35. The lowest BCUT2D eigenvalue weighted by molar-refractivity contribution is -0.909. The Hall–Kier alpha value is -2.40. The van der Waals surface area contributed by atoms with E-state index in [1.807, 2.05) is 37.3 Å². The maximum absolute atomic E-state index is 12.2. The predicted octanol–water partition coefficient (Wildman–Crippen LogP) is 0.811. The molecule has 5 nitrogen and oxygen atoms in total. The van der Waals surface area contributed by atoms with E-state index in [2.05, 4.69) is 12.0 Å². The third kappa shape index (κ3) is 2.87. The van der Waals surface area contributed by atoms with Gasteiger partial charge in [0.25, 0.3) is 5.56 Å². The molecule has 1 unspecified atom stereocenters. The summed E-state index contributed by atoms with van der Waals surface area (Å²) >= 11 is 0. The highest BCUT2D eigenvalue weighted by molar-refractivity contribution is 5.40. The molecule has 3 rings (SSSR count). The topological polar surface area (TPSA) is 52.0 Å². The van der Waals surface area contributed by atoms with Crippen LogP contribution in [-0.2, 0) is 13.1 Å². The van der Waals surface area contributed by atoms with E-state index in [9.17, 15) is 4.79 Å². The van der Waals surface area contributed by atoms with Gasteiger partial charge in [-0.25, -0.2) is 4.98 Å². The molecule has 0 aromatic carbocycles. The Balaban J connectivity index is 1.86. The van der Waals surface area contributed by atoms with Crippen LogP contribution in [0.25, 0.3) is 5.65 Å². The summed E-state index contributed by atoms with van der Waals surface area (Å²) in [4.78, 5) is 18.0. The number of aromatic nitrogens is 2. The van der Waals surface area contributed by atoms with Gasteiger partial charge in [0, 0.05) is 11.8 Å². The van der Waals surface area contributed by atoms with E-state index in [0.29, 0.717) is 12.2 Å². The van der Waals surface area contributed by atoms with Crippen molar-refractivity contribution in [2.75, 3.05) is 7.05 Å². The van der Waals surface area contributed by atoms with E-state index in [1.165, 1.54) is 4.90 Å². The van der Waals surface area contributed by atoms with Crippen molar-refractivity contribution < 1.29 is 9.32 Å². The zero-order valence-corrected chi connectivity index (χ0v) is 12.2. The first-order valence-electron chi connectivity index (χ1n) is 6.95. The average molecular weight is 284 g/mol. The molecule has 1 N–H and O–H groups in total. The zero-order valence-electron chi connectivity index (χ0n) is 12.2. The molecule has 0 spiro atoms. The first-order valence-corrected chi connectivity index (χ1v) is 6.95. The molecule has 5 heteroatoms. The molecule has 0 amide bonds. The fourth-order valence-electron chi connectivity index (χ4n) is 2.54. The van der Waals surface area contributed by atoms with Crippen LogP contribution in [0.1, 0.15) is 17.1 Å². The molecule has 3 aromatic heterocycles. The van der Waals surface area contributed by atoms with Gasteiger partial charge in [0.2, 0.25) is 0 Å².